The molecule has 1 saturated carbocycles. The monoisotopic (exact) mass is 370 g/mol. The fraction of sp³-hybridized carbons (Fsp3) is 0.429. The summed E-state index contributed by atoms with van der Waals surface area (Å²) in [7, 11) is 0. The van der Waals surface area contributed by atoms with Gasteiger partial charge in [-0.05, 0) is 60.4 Å². The molecule has 1 N–H and O–H groups in total. The number of hydrogen-bond acceptors (Lipinski definition) is 2. The van der Waals surface area contributed by atoms with E-state index in [2.05, 4.69) is 27.9 Å². The van der Waals surface area contributed by atoms with Crippen LogP contribution in [0, 0.1) is 9.49 Å². The summed E-state index contributed by atoms with van der Waals surface area (Å²) in [4.78, 5) is 26.3. The molecule has 1 unspecified atom stereocenters. The van der Waals surface area contributed by atoms with Crippen molar-refractivity contribution in [2.45, 2.75) is 25.3 Å². The highest BCUT2D eigenvalue weighted by Gasteiger charge is 2.52. The van der Waals surface area contributed by atoms with Crippen molar-refractivity contribution in [2.75, 3.05) is 11.4 Å². The number of para-hydroxylation sites is 1. The van der Waals surface area contributed by atoms with E-state index in [-0.39, 0.29) is 24.3 Å². The van der Waals surface area contributed by atoms with Gasteiger partial charge in [-0.3, -0.25) is 14.5 Å². The molecule has 0 spiro atoms. The molecule has 2 aliphatic rings. The van der Waals surface area contributed by atoms with Gasteiger partial charge in [0.15, 0.2) is 0 Å². The lowest BCUT2D eigenvalue weighted by Crippen LogP contribution is -2.66. The predicted octanol–water partition coefficient (Wildman–Crippen LogP) is 1.92. The molecule has 3 rings (SSSR count). The van der Waals surface area contributed by atoms with Crippen molar-refractivity contribution in [1.82, 2.24) is 5.32 Å². The molecule has 1 aromatic carbocycles. The van der Waals surface area contributed by atoms with Crippen molar-refractivity contribution in [3.8, 4) is 0 Å². The van der Waals surface area contributed by atoms with Gasteiger partial charge < -0.3 is 5.32 Å². The van der Waals surface area contributed by atoms with Crippen LogP contribution in [0.3, 0.4) is 0 Å². The minimum absolute atomic E-state index is 0.0127. The first kappa shape index (κ1) is 12.9. The van der Waals surface area contributed by atoms with Crippen molar-refractivity contribution >= 4 is 40.1 Å². The molecular formula is C14H15IN2O2. The first-order valence-electron chi connectivity index (χ1n) is 6.40. The van der Waals surface area contributed by atoms with Crippen molar-refractivity contribution in [2.24, 2.45) is 5.92 Å². The van der Waals surface area contributed by atoms with E-state index in [0.717, 1.165) is 22.1 Å². The van der Waals surface area contributed by atoms with Gasteiger partial charge in [-0.25, -0.2) is 0 Å². The van der Waals surface area contributed by atoms with Crippen LogP contribution in [0.25, 0.3) is 0 Å². The summed E-state index contributed by atoms with van der Waals surface area (Å²) in [5.41, 5.74) is 0.101. The van der Waals surface area contributed by atoms with Crippen LogP contribution in [0.2, 0.25) is 0 Å². The van der Waals surface area contributed by atoms with Crippen LogP contribution in [0.4, 0.5) is 5.69 Å². The zero-order valence-electron chi connectivity index (χ0n) is 10.6. The highest BCUT2D eigenvalue weighted by atomic mass is 127. The molecule has 1 aliphatic heterocycles. The summed E-state index contributed by atoms with van der Waals surface area (Å²) in [6.07, 6.45) is 2.03. The number of amides is 2. The third-order valence-corrected chi connectivity index (χ3v) is 4.84. The molecule has 2 amide bonds. The average Bonchev–Trinajstić information content (AvgIpc) is 3.19. The third-order valence-electron chi connectivity index (χ3n) is 3.93. The van der Waals surface area contributed by atoms with Crippen LogP contribution in [0.5, 0.6) is 0 Å². The molecule has 0 aromatic heterocycles. The van der Waals surface area contributed by atoms with Gasteiger partial charge in [0.2, 0.25) is 5.91 Å². The molecule has 1 heterocycles. The largest absolute Gasteiger partial charge is 0.340 e. The Balaban J connectivity index is 1.99. The van der Waals surface area contributed by atoms with E-state index >= 15 is 0 Å². The summed E-state index contributed by atoms with van der Waals surface area (Å²) < 4.78 is 0.987. The first-order valence-corrected chi connectivity index (χ1v) is 7.48. The van der Waals surface area contributed by atoms with Crippen LogP contribution >= 0.6 is 22.6 Å². The second-order valence-corrected chi connectivity index (χ2v) is 6.53. The van der Waals surface area contributed by atoms with E-state index in [0.29, 0.717) is 0 Å². The van der Waals surface area contributed by atoms with Gasteiger partial charge >= 0.3 is 0 Å². The number of carbonyl (C=O) groups is 2. The zero-order chi connectivity index (χ0) is 13.6. The summed E-state index contributed by atoms with van der Waals surface area (Å²) in [5.74, 6) is 0.223. The first-order chi connectivity index (χ1) is 9.02. The van der Waals surface area contributed by atoms with Gasteiger partial charge in [0.05, 0.1) is 5.69 Å². The molecule has 100 valence electrons. The number of carbonyl (C=O) groups excluding carboxylic acids is 2. The van der Waals surface area contributed by atoms with Crippen LogP contribution in [-0.4, -0.2) is 23.9 Å². The summed E-state index contributed by atoms with van der Waals surface area (Å²) >= 11 is 2.20. The second kappa shape index (κ2) is 4.47. The van der Waals surface area contributed by atoms with Crippen molar-refractivity contribution in [3.63, 3.8) is 0 Å². The minimum atomic E-state index is -0.728. The fourth-order valence-electron chi connectivity index (χ4n) is 2.68. The summed E-state index contributed by atoms with van der Waals surface area (Å²) in [6, 6.07) is 7.67. The highest BCUT2D eigenvalue weighted by Crippen LogP contribution is 2.42. The Kier molecular flexibility index (Phi) is 3.03. The number of anilines is 1. The Morgan fingerprint density at radius 2 is 2.00 bits per heavy atom. The van der Waals surface area contributed by atoms with Gasteiger partial charge in [-0.2, -0.15) is 0 Å². The van der Waals surface area contributed by atoms with Crippen LogP contribution in [-0.2, 0) is 9.59 Å². The summed E-state index contributed by atoms with van der Waals surface area (Å²) in [6.45, 7) is 1.97. The maximum absolute atomic E-state index is 12.7. The maximum Gasteiger partial charge on any atom is 0.253 e. The van der Waals surface area contributed by atoms with Gasteiger partial charge in [0, 0.05) is 3.57 Å². The molecule has 4 nitrogen and oxygen atoms in total. The van der Waals surface area contributed by atoms with Gasteiger partial charge in [-0.1, -0.05) is 12.1 Å². The molecule has 0 bridgehead atoms. The smallest absolute Gasteiger partial charge is 0.253 e. The number of piperazine rings is 1. The van der Waals surface area contributed by atoms with Crippen LogP contribution in [0.15, 0.2) is 24.3 Å². The molecule has 1 aromatic rings. The minimum Gasteiger partial charge on any atom is -0.340 e. The third kappa shape index (κ3) is 2.13. The molecule has 1 saturated heterocycles. The lowest BCUT2D eigenvalue weighted by molar-refractivity contribution is -0.136. The van der Waals surface area contributed by atoms with E-state index < -0.39 is 5.54 Å². The van der Waals surface area contributed by atoms with Crippen molar-refractivity contribution < 1.29 is 9.59 Å². The van der Waals surface area contributed by atoms with Crippen LogP contribution < -0.4 is 10.2 Å². The van der Waals surface area contributed by atoms with E-state index in [1.54, 1.807) is 4.90 Å². The lowest BCUT2D eigenvalue weighted by atomic mass is 9.91. The number of nitrogens with zero attached hydrogens (tertiary/aromatic N) is 1. The molecule has 19 heavy (non-hydrogen) atoms. The number of halogens is 1. The standard InChI is InChI=1S/C14H15IN2O2/c1-14(9-6-7-9)13(19)17(8-12(18)16-14)11-5-3-2-4-10(11)15/h2-5,9H,6-8H2,1H3,(H,16,18). The van der Waals surface area contributed by atoms with Gasteiger partial charge in [0.25, 0.3) is 5.91 Å². The maximum atomic E-state index is 12.7. The number of benzene rings is 1. The van der Waals surface area contributed by atoms with Gasteiger partial charge in [-0.15, -0.1) is 0 Å². The zero-order valence-corrected chi connectivity index (χ0v) is 12.8. The lowest BCUT2D eigenvalue weighted by Gasteiger charge is -2.40. The molecular weight excluding hydrogens is 355 g/mol. The van der Waals surface area contributed by atoms with E-state index in [4.69, 9.17) is 0 Å². The second-order valence-electron chi connectivity index (χ2n) is 5.37. The Labute approximate surface area is 125 Å². The summed E-state index contributed by atoms with van der Waals surface area (Å²) in [5, 5.41) is 2.89. The van der Waals surface area contributed by atoms with Crippen LogP contribution in [0.1, 0.15) is 19.8 Å². The normalized spacial score (nSPS) is 27.4. The topological polar surface area (TPSA) is 49.4 Å². The van der Waals surface area contributed by atoms with E-state index in [1.807, 2.05) is 31.2 Å². The van der Waals surface area contributed by atoms with Gasteiger partial charge in [0.1, 0.15) is 12.1 Å². The Hall–Kier alpha value is -1.11. The number of rotatable bonds is 2. The number of nitrogens with one attached hydrogen (secondary N) is 1. The Morgan fingerprint density at radius 3 is 2.63 bits per heavy atom. The molecule has 0 radical (unpaired) electrons. The highest BCUT2D eigenvalue weighted by molar-refractivity contribution is 14.1. The Morgan fingerprint density at radius 1 is 1.32 bits per heavy atom. The van der Waals surface area contributed by atoms with Crippen molar-refractivity contribution in [1.29, 1.82) is 0 Å². The molecule has 1 aliphatic carbocycles. The van der Waals surface area contributed by atoms with E-state index in [1.165, 1.54) is 0 Å². The molecule has 1 atom stereocenters. The quantitative estimate of drug-likeness (QED) is 0.809. The fourth-order valence-corrected chi connectivity index (χ4v) is 3.36. The SMILES string of the molecule is CC1(C2CC2)NC(=O)CN(c2ccccc2I)C1=O. The predicted molar refractivity (Wildman–Crippen MR) is 80.8 cm³/mol. The number of hydrogen-bond donors (Lipinski definition) is 1. The van der Waals surface area contributed by atoms with E-state index in [9.17, 15) is 9.59 Å². The average molecular weight is 370 g/mol. The molecule has 2 fully saturated rings. The van der Waals surface area contributed by atoms with Crippen molar-refractivity contribution in [3.05, 3.63) is 27.8 Å². The Bertz CT molecular complexity index is 556. The molecule has 5 heteroatoms.